The second-order valence-corrected chi connectivity index (χ2v) is 8.76. The summed E-state index contributed by atoms with van der Waals surface area (Å²) in [6, 6.07) is 20.3. The molecule has 0 bridgehead atoms. The van der Waals surface area contributed by atoms with E-state index in [-0.39, 0.29) is 33.4 Å². The smallest absolute Gasteiger partial charge is 0.283 e. The molecule has 34 heavy (non-hydrogen) atoms. The Kier molecular flexibility index (Phi) is 6.93. The lowest BCUT2D eigenvalue weighted by molar-refractivity contribution is -0.120. The number of halogens is 3. The highest BCUT2D eigenvalue weighted by Gasteiger charge is 2.39. The van der Waals surface area contributed by atoms with E-state index < -0.39 is 11.8 Å². The predicted molar refractivity (Wildman–Crippen MR) is 134 cm³/mol. The molecule has 6 nitrogen and oxygen atoms in total. The number of carbonyl (C=O) groups excluding carboxylic acids is 3. The summed E-state index contributed by atoms with van der Waals surface area (Å²) in [7, 11) is 0. The van der Waals surface area contributed by atoms with Crippen LogP contribution in [0, 0.1) is 0 Å². The maximum Gasteiger partial charge on any atom is 0.283 e. The summed E-state index contributed by atoms with van der Waals surface area (Å²) in [5.41, 5.74) is 2.00. The van der Waals surface area contributed by atoms with Crippen molar-refractivity contribution < 1.29 is 14.4 Å². The van der Waals surface area contributed by atoms with E-state index >= 15 is 0 Å². The minimum atomic E-state index is -0.704. The minimum absolute atomic E-state index is 0.0902. The van der Waals surface area contributed by atoms with Gasteiger partial charge in [0.2, 0.25) is 0 Å². The number of imide groups is 1. The lowest BCUT2D eigenvalue weighted by Crippen LogP contribution is -2.32. The monoisotopic (exact) mass is 513 g/mol. The summed E-state index contributed by atoms with van der Waals surface area (Å²) in [5.74, 6) is -1.60. The van der Waals surface area contributed by atoms with Crippen LogP contribution >= 0.6 is 34.8 Å². The molecule has 0 radical (unpaired) electrons. The molecule has 1 aliphatic heterocycles. The third-order valence-electron chi connectivity index (χ3n) is 5.24. The van der Waals surface area contributed by atoms with E-state index in [1.54, 1.807) is 24.3 Å². The molecule has 172 valence electrons. The van der Waals surface area contributed by atoms with Gasteiger partial charge in [-0.1, -0.05) is 65.1 Å². The van der Waals surface area contributed by atoms with Gasteiger partial charge in [-0.2, -0.15) is 0 Å². The van der Waals surface area contributed by atoms with E-state index in [2.05, 4.69) is 10.6 Å². The lowest BCUT2D eigenvalue weighted by Gasteiger charge is -2.17. The van der Waals surface area contributed by atoms with Gasteiger partial charge in [-0.25, -0.2) is 4.90 Å². The van der Waals surface area contributed by atoms with Crippen molar-refractivity contribution in [3.63, 3.8) is 0 Å². The van der Waals surface area contributed by atoms with E-state index in [0.717, 1.165) is 10.5 Å². The molecule has 0 spiro atoms. The molecule has 4 rings (SSSR count). The third-order valence-corrected chi connectivity index (χ3v) is 6.13. The van der Waals surface area contributed by atoms with E-state index in [1.807, 2.05) is 37.3 Å². The number of hydrogen-bond donors (Lipinski definition) is 2. The van der Waals surface area contributed by atoms with Crippen molar-refractivity contribution in [2.45, 2.75) is 13.0 Å². The van der Waals surface area contributed by atoms with Gasteiger partial charge in [-0.15, -0.1) is 0 Å². The Labute approximate surface area is 211 Å². The molecule has 1 atom stereocenters. The summed E-state index contributed by atoms with van der Waals surface area (Å²) in [4.78, 5) is 39.1. The van der Waals surface area contributed by atoms with Crippen LogP contribution in [0.1, 0.15) is 28.9 Å². The van der Waals surface area contributed by atoms with E-state index in [4.69, 9.17) is 34.8 Å². The van der Waals surface area contributed by atoms with Gasteiger partial charge in [-0.05, 0) is 55.0 Å². The molecule has 0 aliphatic carbocycles. The number of nitrogens with one attached hydrogen (secondary N) is 2. The van der Waals surface area contributed by atoms with Crippen LogP contribution in [-0.4, -0.2) is 17.7 Å². The van der Waals surface area contributed by atoms with Gasteiger partial charge in [0, 0.05) is 16.3 Å². The van der Waals surface area contributed by atoms with Crippen molar-refractivity contribution in [3.8, 4) is 0 Å². The molecule has 1 heterocycles. The standard InChI is InChI=1S/C25H18Cl3N3O3/c1-14(15-5-3-2-4-6-15)29-23(32)16-7-10-18(11-8-16)30-22-21(28)24(33)31(25(22)34)20-12-9-17(26)13-19(20)27/h2-14,30H,1H3,(H,29,32). The topological polar surface area (TPSA) is 78.5 Å². The number of carbonyl (C=O) groups is 3. The van der Waals surface area contributed by atoms with Gasteiger partial charge in [0.25, 0.3) is 17.7 Å². The molecule has 0 fully saturated rings. The fourth-order valence-corrected chi connectivity index (χ4v) is 4.15. The molecule has 3 amide bonds. The van der Waals surface area contributed by atoms with E-state index in [0.29, 0.717) is 16.3 Å². The fourth-order valence-electron chi connectivity index (χ4n) is 3.45. The van der Waals surface area contributed by atoms with E-state index in [1.165, 1.54) is 18.2 Å². The van der Waals surface area contributed by atoms with Gasteiger partial charge in [0.05, 0.1) is 16.8 Å². The Morgan fingerprint density at radius 2 is 1.56 bits per heavy atom. The summed E-state index contributed by atoms with van der Waals surface area (Å²) < 4.78 is 0. The predicted octanol–water partition coefficient (Wildman–Crippen LogP) is 5.92. The summed E-state index contributed by atoms with van der Waals surface area (Å²) in [6.45, 7) is 1.90. The van der Waals surface area contributed by atoms with Crippen LogP contribution < -0.4 is 15.5 Å². The molecule has 3 aromatic carbocycles. The largest absolute Gasteiger partial charge is 0.350 e. The zero-order valence-corrected chi connectivity index (χ0v) is 20.1. The van der Waals surface area contributed by atoms with Crippen LogP contribution in [0.15, 0.2) is 83.5 Å². The highest BCUT2D eigenvalue weighted by molar-refractivity contribution is 6.53. The average molecular weight is 515 g/mol. The molecule has 0 saturated carbocycles. The Hall–Kier alpha value is -3.32. The summed E-state index contributed by atoms with van der Waals surface area (Å²) in [6.07, 6.45) is 0. The Morgan fingerprint density at radius 3 is 2.21 bits per heavy atom. The zero-order chi connectivity index (χ0) is 24.4. The van der Waals surface area contributed by atoms with E-state index in [9.17, 15) is 14.4 Å². The van der Waals surface area contributed by atoms with Gasteiger partial charge >= 0.3 is 0 Å². The first kappa shape index (κ1) is 23.8. The first-order valence-electron chi connectivity index (χ1n) is 10.2. The first-order valence-corrected chi connectivity index (χ1v) is 11.4. The second kappa shape index (κ2) is 9.89. The molecule has 1 aliphatic rings. The van der Waals surface area contributed by atoms with Crippen LogP contribution in [0.25, 0.3) is 0 Å². The van der Waals surface area contributed by atoms with Crippen LogP contribution in [-0.2, 0) is 9.59 Å². The van der Waals surface area contributed by atoms with Crippen molar-refractivity contribution in [1.29, 1.82) is 0 Å². The summed E-state index contributed by atoms with van der Waals surface area (Å²) >= 11 is 18.2. The molecular weight excluding hydrogens is 497 g/mol. The van der Waals surface area contributed by atoms with Crippen molar-refractivity contribution in [2.24, 2.45) is 0 Å². The van der Waals surface area contributed by atoms with Crippen LogP contribution in [0.5, 0.6) is 0 Å². The maximum atomic E-state index is 12.9. The Morgan fingerprint density at radius 1 is 0.882 bits per heavy atom. The zero-order valence-electron chi connectivity index (χ0n) is 17.8. The van der Waals surface area contributed by atoms with Crippen molar-refractivity contribution in [2.75, 3.05) is 10.2 Å². The molecule has 0 saturated heterocycles. The molecule has 1 unspecified atom stereocenters. The third kappa shape index (κ3) is 4.80. The van der Waals surface area contributed by atoms with Gasteiger partial charge in [-0.3, -0.25) is 14.4 Å². The normalized spacial score (nSPS) is 14.4. The van der Waals surface area contributed by atoms with Gasteiger partial charge in [0.15, 0.2) is 0 Å². The second-order valence-electron chi connectivity index (χ2n) is 7.54. The lowest BCUT2D eigenvalue weighted by atomic mass is 10.1. The molecule has 9 heteroatoms. The van der Waals surface area contributed by atoms with Crippen LogP contribution in [0.2, 0.25) is 10.0 Å². The number of anilines is 2. The highest BCUT2D eigenvalue weighted by Crippen LogP contribution is 2.35. The molecule has 0 aromatic heterocycles. The minimum Gasteiger partial charge on any atom is -0.350 e. The van der Waals surface area contributed by atoms with Gasteiger partial charge in [0.1, 0.15) is 10.7 Å². The van der Waals surface area contributed by atoms with Crippen molar-refractivity contribution in [3.05, 3.63) is 105 Å². The highest BCUT2D eigenvalue weighted by atomic mass is 35.5. The maximum absolute atomic E-state index is 12.9. The number of rotatable bonds is 6. The molecule has 3 aromatic rings. The average Bonchev–Trinajstić information content (AvgIpc) is 3.03. The van der Waals surface area contributed by atoms with Crippen molar-refractivity contribution in [1.82, 2.24) is 5.32 Å². The quantitative estimate of drug-likeness (QED) is 0.400. The number of benzene rings is 3. The number of amides is 3. The van der Waals surface area contributed by atoms with Crippen LogP contribution in [0.3, 0.4) is 0 Å². The van der Waals surface area contributed by atoms with Crippen LogP contribution in [0.4, 0.5) is 11.4 Å². The van der Waals surface area contributed by atoms with Gasteiger partial charge < -0.3 is 10.6 Å². The first-order chi connectivity index (χ1) is 16.3. The number of hydrogen-bond acceptors (Lipinski definition) is 4. The van der Waals surface area contributed by atoms with Crippen molar-refractivity contribution >= 4 is 63.9 Å². The molecular formula is C25H18Cl3N3O3. The Balaban J connectivity index is 1.47. The summed E-state index contributed by atoms with van der Waals surface area (Å²) in [5, 5.41) is 6.05. The molecule has 2 N–H and O–H groups in total. The SMILES string of the molecule is CC(NC(=O)c1ccc(NC2=C(Cl)C(=O)N(c3ccc(Cl)cc3Cl)C2=O)cc1)c1ccccc1. The number of nitrogens with zero attached hydrogens (tertiary/aromatic N) is 1. The fraction of sp³-hybridized carbons (Fsp3) is 0.0800. The Bertz CT molecular complexity index is 1310.